The fourth-order valence-corrected chi connectivity index (χ4v) is 3.53. The molecule has 1 N–H and O–H groups in total. The smallest absolute Gasteiger partial charge is 0.266 e. The summed E-state index contributed by atoms with van der Waals surface area (Å²) in [6.45, 7) is 4.39. The first kappa shape index (κ1) is 24.6. The number of aryl methyl sites for hydroxylation is 1. The van der Waals surface area contributed by atoms with Crippen LogP contribution in [0.15, 0.2) is 70.7 Å². The van der Waals surface area contributed by atoms with E-state index in [0.29, 0.717) is 39.4 Å². The Morgan fingerprint density at radius 3 is 2.44 bits per heavy atom. The lowest BCUT2D eigenvalue weighted by Crippen LogP contribution is -2.13. The molecule has 0 unspecified atom stereocenters. The van der Waals surface area contributed by atoms with Crippen molar-refractivity contribution >= 4 is 33.6 Å². The van der Waals surface area contributed by atoms with Crippen molar-refractivity contribution in [2.75, 3.05) is 11.9 Å². The van der Waals surface area contributed by atoms with Crippen LogP contribution in [-0.2, 0) is 11.4 Å². The van der Waals surface area contributed by atoms with Gasteiger partial charge in [0.1, 0.15) is 18.2 Å². The van der Waals surface area contributed by atoms with E-state index in [1.807, 2.05) is 44.2 Å². The van der Waals surface area contributed by atoms with Gasteiger partial charge in [-0.15, -0.1) is 0 Å². The number of ether oxygens (including phenoxy) is 2. The molecule has 0 aliphatic heterocycles. The van der Waals surface area contributed by atoms with Crippen LogP contribution in [0.3, 0.4) is 0 Å². The van der Waals surface area contributed by atoms with Crippen LogP contribution in [-0.4, -0.2) is 12.5 Å². The van der Waals surface area contributed by atoms with E-state index in [0.717, 1.165) is 11.1 Å². The molecule has 1 amide bonds. The van der Waals surface area contributed by atoms with Crippen molar-refractivity contribution in [1.29, 1.82) is 10.5 Å². The normalized spacial score (nSPS) is 10.7. The van der Waals surface area contributed by atoms with Crippen molar-refractivity contribution in [3.8, 4) is 23.6 Å². The standard InChI is InChI=1S/C27H22BrN3O3/c1-3-33-25-13-21(12-22(16-30)27(32)31-23-10-8-18(2)9-11-23)24(28)14-26(25)34-17-20-7-5-4-6-19(20)15-29/h4-14H,3,17H2,1-2H3,(H,31,32)/b22-12+. The van der Waals surface area contributed by atoms with Crippen LogP contribution in [0, 0.1) is 29.6 Å². The second-order valence-corrected chi connectivity index (χ2v) is 8.16. The molecule has 0 saturated heterocycles. The molecule has 0 aromatic heterocycles. The summed E-state index contributed by atoms with van der Waals surface area (Å²) in [5.41, 5.74) is 3.50. The Morgan fingerprint density at radius 1 is 1.06 bits per heavy atom. The van der Waals surface area contributed by atoms with Gasteiger partial charge in [0.15, 0.2) is 11.5 Å². The molecular formula is C27H22BrN3O3. The van der Waals surface area contributed by atoms with Crippen molar-refractivity contribution in [2.45, 2.75) is 20.5 Å². The number of benzene rings is 3. The van der Waals surface area contributed by atoms with Crippen LogP contribution >= 0.6 is 15.9 Å². The Balaban J connectivity index is 1.86. The van der Waals surface area contributed by atoms with E-state index < -0.39 is 5.91 Å². The second-order valence-electron chi connectivity index (χ2n) is 7.30. The lowest BCUT2D eigenvalue weighted by atomic mass is 10.1. The van der Waals surface area contributed by atoms with Crippen LogP contribution in [0.2, 0.25) is 0 Å². The highest BCUT2D eigenvalue weighted by Crippen LogP contribution is 2.35. The first-order chi connectivity index (χ1) is 16.4. The Morgan fingerprint density at radius 2 is 1.76 bits per heavy atom. The average Bonchev–Trinajstić information content (AvgIpc) is 2.84. The van der Waals surface area contributed by atoms with Gasteiger partial charge in [0, 0.05) is 15.7 Å². The summed E-state index contributed by atoms with van der Waals surface area (Å²) in [4.78, 5) is 12.6. The van der Waals surface area contributed by atoms with Gasteiger partial charge in [-0.3, -0.25) is 4.79 Å². The Labute approximate surface area is 207 Å². The number of anilines is 1. The van der Waals surface area contributed by atoms with E-state index in [4.69, 9.17) is 9.47 Å². The zero-order chi connectivity index (χ0) is 24.5. The lowest BCUT2D eigenvalue weighted by Gasteiger charge is -2.15. The number of carbonyl (C=O) groups is 1. The number of hydrogen-bond acceptors (Lipinski definition) is 5. The SMILES string of the molecule is CCOc1cc(/C=C(\C#N)C(=O)Nc2ccc(C)cc2)c(Br)cc1OCc1ccccc1C#N. The fourth-order valence-electron chi connectivity index (χ4n) is 3.09. The largest absolute Gasteiger partial charge is 0.490 e. The molecule has 34 heavy (non-hydrogen) atoms. The van der Waals surface area contributed by atoms with E-state index >= 15 is 0 Å². The van der Waals surface area contributed by atoms with Crippen LogP contribution in [0.25, 0.3) is 6.08 Å². The third kappa shape index (κ3) is 6.25. The van der Waals surface area contributed by atoms with E-state index in [1.54, 1.807) is 36.4 Å². The van der Waals surface area contributed by atoms with Gasteiger partial charge in [-0.05, 0) is 55.8 Å². The maximum Gasteiger partial charge on any atom is 0.266 e. The summed E-state index contributed by atoms with van der Waals surface area (Å²) in [6.07, 6.45) is 1.49. The van der Waals surface area contributed by atoms with Crippen LogP contribution in [0.5, 0.6) is 11.5 Å². The summed E-state index contributed by atoms with van der Waals surface area (Å²) in [7, 11) is 0. The van der Waals surface area contributed by atoms with Gasteiger partial charge in [-0.1, -0.05) is 51.8 Å². The fraction of sp³-hybridized carbons (Fsp3) is 0.148. The van der Waals surface area contributed by atoms with E-state index in [2.05, 4.69) is 27.3 Å². The maximum absolute atomic E-state index is 12.6. The van der Waals surface area contributed by atoms with Gasteiger partial charge in [0.2, 0.25) is 0 Å². The minimum Gasteiger partial charge on any atom is -0.490 e. The number of nitrogens with zero attached hydrogens (tertiary/aromatic N) is 2. The van der Waals surface area contributed by atoms with Gasteiger partial charge in [-0.25, -0.2) is 0 Å². The van der Waals surface area contributed by atoms with Gasteiger partial charge in [-0.2, -0.15) is 10.5 Å². The molecule has 0 saturated carbocycles. The summed E-state index contributed by atoms with van der Waals surface area (Å²) in [6, 6.07) is 22.1. The third-order valence-corrected chi connectivity index (χ3v) is 5.54. The highest BCUT2D eigenvalue weighted by molar-refractivity contribution is 9.10. The van der Waals surface area contributed by atoms with Crippen molar-refractivity contribution in [2.24, 2.45) is 0 Å². The van der Waals surface area contributed by atoms with Gasteiger partial charge in [0.25, 0.3) is 5.91 Å². The Kier molecular flexibility index (Phi) is 8.45. The molecule has 0 aliphatic rings. The number of nitrogens with one attached hydrogen (secondary N) is 1. The van der Waals surface area contributed by atoms with Crippen molar-refractivity contribution < 1.29 is 14.3 Å². The number of carbonyl (C=O) groups excluding carboxylic acids is 1. The highest BCUT2D eigenvalue weighted by atomic mass is 79.9. The number of halogens is 1. The highest BCUT2D eigenvalue weighted by Gasteiger charge is 2.15. The van der Waals surface area contributed by atoms with Crippen molar-refractivity contribution in [1.82, 2.24) is 0 Å². The van der Waals surface area contributed by atoms with E-state index in [9.17, 15) is 15.3 Å². The topological polar surface area (TPSA) is 95.1 Å². The summed E-state index contributed by atoms with van der Waals surface area (Å²) < 4.78 is 12.3. The predicted molar refractivity (Wildman–Crippen MR) is 134 cm³/mol. The third-order valence-electron chi connectivity index (χ3n) is 4.86. The van der Waals surface area contributed by atoms with Crippen molar-refractivity contribution in [3.63, 3.8) is 0 Å². The first-order valence-corrected chi connectivity index (χ1v) is 11.3. The molecule has 0 aliphatic carbocycles. The number of amides is 1. The van der Waals surface area contributed by atoms with Gasteiger partial charge < -0.3 is 14.8 Å². The molecule has 0 radical (unpaired) electrons. The number of hydrogen-bond donors (Lipinski definition) is 1. The molecule has 7 heteroatoms. The van der Waals surface area contributed by atoms with Crippen LogP contribution in [0.1, 0.15) is 29.2 Å². The van der Waals surface area contributed by atoms with E-state index in [1.165, 1.54) is 6.08 Å². The average molecular weight is 516 g/mol. The molecule has 0 spiro atoms. The maximum atomic E-state index is 12.6. The minimum atomic E-state index is -0.510. The molecule has 0 fully saturated rings. The zero-order valence-corrected chi connectivity index (χ0v) is 20.3. The van der Waals surface area contributed by atoms with Gasteiger partial charge in [0.05, 0.1) is 18.2 Å². The first-order valence-electron chi connectivity index (χ1n) is 10.5. The van der Waals surface area contributed by atoms with Crippen LogP contribution < -0.4 is 14.8 Å². The molecule has 170 valence electrons. The summed E-state index contributed by atoms with van der Waals surface area (Å²) in [5.74, 6) is 0.425. The number of rotatable bonds is 8. The summed E-state index contributed by atoms with van der Waals surface area (Å²) in [5, 5.41) is 21.6. The molecule has 0 heterocycles. The lowest BCUT2D eigenvalue weighted by molar-refractivity contribution is -0.112. The molecule has 3 rings (SSSR count). The molecule has 6 nitrogen and oxygen atoms in total. The van der Waals surface area contributed by atoms with E-state index in [-0.39, 0.29) is 12.2 Å². The molecule has 0 bridgehead atoms. The predicted octanol–water partition coefficient (Wildman–Crippen LogP) is 6.15. The Hall–Kier alpha value is -4.07. The monoisotopic (exact) mass is 515 g/mol. The quantitative estimate of drug-likeness (QED) is 0.286. The molecule has 0 atom stereocenters. The van der Waals surface area contributed by atoms with Crippen molar-refractivity contribution in [3.05, 3.63) is 93.0 Å². The molecule has 3 aromatic rings. The zero-order valence-electron chi connectivity index (χ0n) is 18.8. The second kappa shape index (κ2) is 11.7. The molecule has 3 aromatic carbocycles. The Bertz CT molecular complexity index is 1300. The van der Waals surface area contributed by atoms with Gasteiger partial charge >= 0.3 is 0 Å². The van der Waals surface area contributed by atoms with Crippen LogP contribution in [0.4, 0.5) is 5.69 Å². The summed E-state index contributed by atoms with van der Waals surface area (Å²) >= 11 is 3.49. The number of nitriles is 2. The minimum absolute atomic E-state index is 0.0552. The molecular weight excluding hydrogens is 494 g/mol.